The van der Waals surface area contributed by atoms with Crippen LogP contribution in [0.25, 0.3) is 28.0 Å². The van der Waals surface area contributed by atoms with Crippen LogP contribution >= 0.6 is 28.1 Å². The third-order valence-corrected chi connectivity index (χ3v) is 5.20. The maximum atomic E-state index is 5.42. The Morgan fingerprint density at radius 2 is 1.70 bits per heavy atom. The zero-order valence-electron chi connectivity index (χ0n) is 14.7. The van der Waals surface area contributed by atoms with Crippen molar-refractivity contribution in [2.24, 2.45) is 0 Å². The van der Waals surface area contributed by atoms with E-state index in [4.69, 9.17) is 21.7 Å². The Bertz CT molecular complexity index is 1180. The van der Waals surface area contributed by atoms with Crippen molar-refractivity contribution in [3.05, 3.63) is 64.1 Å². The van der Waals surface area contributed by atoms with Crippen molar-refractivity contribution < 1.29 is 9.47 Å². The second-order valence-electron chi connectivity index (χ2n) is 5.92. The van der Waals surface area contributed by atoms with Gasteiger partial charge in [-0.3, -0.25) is 4.40 Å². The third-order valence-electron chi connectivity index (χ3n) is 4.37. The Labute approximate surface area is 169 Å². The summed E-state index contributed by atoms with van der Waals surface area (Å²) in [4.78, 5) is 7.85. The van der Waals surface area contributed by atoms with Crippen LogP contribution in [0.15, 0.2) is 59.3 Å². The summed E-state index contributed by atoms with van der Waals surface area (Å²) in [6.45, 7) is 0. The molecule has 4 aromatic rings. The van der Waals surface area contributed by atoms with Gasteiger partial charge in [-0.05, 0) is 48.1 Å². The number of nitrogens with one attached hydrogen (secondary N) is 1. The number of methoxy groups -OCH3 is 2. The van der Waals surface area contributed by atoms with Gasteiger partial charge in [0.25, 0.3) is 0 Å². The molecule has 2 heterocycles. The molecule has 0 radical (unpaired) electrons. The minimum atomic E-state index is 0.494. The van der Waals surface area contributed by atoms with Crippen molar-refractivity contribution in [2.45, 2.75) is 0 Å². The molecule has 1 N–H and O–H groups in total. The quantitative estimate of drug-likeness (QED) is 0.424. The van der Waals surface area contributed by atoms with Crippen molar-refractivity contribution in [1.82, 2.24) is 14.4 Å². The molecule has 0 aliphatic carbocycles. The molecule has 0 atom stereocenters. The van der Waals surface area contributed by atoms with Crippen molar-refractivity contribution in [1.29, 1.82) is 0 Å². The number of ether oxygens (including phenoxy) is 2. The lowest BCUT2D eigenvalue weighted by Crippen LogP contribution is -1.92. The summed E-state index contributed by atoms with van der Waals surface area (Å²) in [6.07, 6.45) is 3.75. The van der Waals surface area contributed by atoms with E-state index in [1.807, 2.05) is 53.1 Å². The summed E-state index contributed by atoms with van der Waals surface area (Å²) in [7, 11) is 3.24. The lowest BCUT2D eigenvalue weighted by Gasteiger charge is -2.08. The SMILES string of the molecule is COc1ccc(-c2cn3c(=S)ncc(-c4ccc(Br)cc4)c3[nH]2)cc1OC. The van der Waals surface area contributed by atoms with E-state index in [9.17, 15) is 0 Å². The highest BCUT2D eigenvalue weighted by Gasteiger charge is 2.12. The summed E-state index contributed by atoms with van der Waals surface area (Å²) < 4.78 is 14.1. The Balaban J connectivity index is 1.90. The van der Waals surface area contributed by atoms with Crippen LogP contribution < -0.4 is 9.47 Å². The molecule has 0 saturated carbocycles. The van der Waals surface area contributed by atoms with E-state index in [1.54, 1.807) is 20.4 Å². The Morgan fingerprint density at radius 3 is 2.41 bits per heavy atom. The van der Waals surface area contributed by atoms with Gasteiger partial charge in [-0.1, -0.05) is 28.1 Å². The molecular weight excluding hydrogens is 426 g/mol. The van der Waals surface area contributed by atoms with Crippen LogP contribution in [0.5, 0.6) is 11.5 Å². The van der Waals surface area contributed by atoms with Crippen LogP contribution in [0, 0.1) is 4.77 Å². The summed E-state index contributed by atoms with van der Waals surface area (Å²) in [5.74, 6) is 1.36. The van der Waals surface area contributed by atoms with E-state index in [-0.39, 0.29) is 0 Å². The van der Waals surface area contributed by atoms with E-state index in [2.05, 4.69) is 25.9 Å². The largest absolute Gasteiger partial charge is 0.493 e. The first-order chi connectivity index (χ1) is 13.1. The molecule has 0 amide bonds. The highest BCUT2D eigenvalue weighted by molar-refractivity contribution is 9.10. The van der Waals surface area contributed by atoms with E-state index in [1.165, 1.54) is 0 Å². The summed E-state index contributed by atoms with van der Waals surface area (Å²) >= 11 is 8.89. The summed E-state index contributed by atoms with van der Waals surface area (Å²) in [5, 5.41) is 0. The Morgan fingerprint density at radius 1 is 1.00 bits per heavy atom. The van der Waals surface area contributed by atoms with Gasteiger partial charge in [0, 0.05) is 28.0 Å². The Kier molecular flexibility index (Phi) is 4.72. The second-order valence-corrected chi connectivity index (χ2v) is 7.20. The highest BCUT2D eigenvalue weighted by Crippen LogP contribution is 2.33. The molecule has 2 aromatic carbocycles. The van der Waals surface area contributed by atoms with E-state index >= 15 is 0 Å². The topological polar surface area (TPSA) is 51.5 Å². The second kappa shape index (κ2) is 7.17. The number of benzene rings is 2. The van der Waals surface area contributed by atoms with Crippen LogP contribution in [-0.4, -0.2) is 28.6 Å². The molecule has 0 aliphatic rings. The maximum absolute atomic E-state index is 5.42. The fourth-order valence-corrected chi connectivity index (χ4v) is 3.46. The number of aromatic amines is 1. The molecule has 2 aromatic heterocycles. The smallest absolute Gasteiger partial charge is 0.205 e. The van der Waals surface area contributed by atoms with Crippen LogP contribution in [0.3, 0.4) is 0 Å². The van der Waals surface area contributed by atoms with Gasteiger partial charge in [-0.25, -0.2) is 4.98 Å². The molecule has 0 aliphatic heterocycles. The molecule has 5 nitrogen and oxygen atoms in total. The van der Waals surface area contributed by atoms with Gasteiger partial charge >= 0.3 is 0 Å². The molecule has 0 fully saturated rings. The van der Waals surface area contributed by atoms with Crippen LogP contribution in [0.4, 0.5) is 0 Å². The standard InChI is InChI=1S/C20H16BrN3O2S/c1-25-17-8-5-13(9-18(17)26-2)16-11-24-19(23-16)15(10-22-20(24)27)12-3-6-14(21)7-4-12/h3-11,23H,1-2H3. The van der Waals surface area contributed by atoms with Crippen molar-refractivity contribution in [3.63, 3.8) is 0 Å². The lowest BCUT2D eigenvalue weighted by molar-refractivity contribution is 0.355. The zero-order valence-corrected chi connectivity index (χ0v) is 17.1. The number of rotatable bonds is 4. The van der Waals surface area contributed by atoms with E-state index in [0.29, 0.717) is 16.3 Å². The number of fused-ring (bicyclic) bond motifs is 1. The van der Waals surface area contributed by atoms with Gasteiger partial charge in [0.2, 0.25) is 4.77 Å². The highest BCUT2D eigenvalue weighted by atomic mass is 79.9. The molecule has 0 bridgehead atoms. The molecule has 136 valence electrons. The molecule has 27 heavy (non-hydrogen) atoms. The summed E-state index contributed by atoms with van der Waals surface area (Å²) in [5.41, 5.74) is 4.80. The monoisotopic (exact) mass is 441 g/mol. The number of halogens is 1. The predicted molar refractivity (Wildman–Crippen MR) is 112 cm³/mol. The number of aromatic nitrogens is 3. The normalized spacial score (nSPS) is 10.9. The number of nitrogens with zero attached hydrogens (tertiary/aromatic N) is 2. The molecular formula is C20H16BrN3O2S. The minimum absolute atomic E-state index is 0.494. The number of H-pyrrole nitrogens is 1. The van der Waals surface area contributed by atoms with Gasteiger partial charge in [-0.2, -0.15) is 0 Å². The zero-order chi connectivity index (χ0) is 19.0. The molecule has 7 heteroatoms. The first-order valence-electron chi connectivity index (χ1n) is 8.19. The van der Waals surface area contributed by atoms with Gasteiger partial charge in [0.1, 0.15) is 5.65 Å². The fraction of sp³-hybridized carbons (Fsp3) is 0.100. The van der Waals surface area contributed by atoms with E-state index < -0.39 is 0 Å². The Hall–Kier alpha value is -2.64. The summed E-state index contributed by atoms with van der Waals surface area (Å²) in [6, 6.07) is 13.9. The van der Waals surface area contributed by atoms with Gasteiger partial charge in [0.05, 0.1) is 19.9 Å². The number of hydrogen-bond donors (Lipinski definition) is 1. The van der Waals surface area contributed by atoms with Gasteiger partial charge in [-0.15, -0.1) is 0 Å². The lowest BCUT2D eigenvalue weighted by atomic mass is 10.1. The third kappa shape index (κ3) is 3.24. The first-order valence-corrected chi connectivity index (χ1v) is 9.39. The fourth-order valence-electron chi connectivity index (χ4n) is 3.00. The van der Waals surface area contributed by atoms with Crippen molar-refractivity contribution in [2.75, 3.05) is 14.2 Å². The van der Waals surface area contributed by atoms with Crippen LogP contribution in [0.1, 0.15) is 0 Å². The number of hydrogen-bond acceptors (Lipinski definition) is 4. The first kappa shape index (κ1) is 17.8. The van der Waals surface area contributed by atoms with Gasteiger partial charge in [0.15, 0.2) is 11.5 Å². The predicted octanol–water partition coefficient (Wildman–Crippen LogP) is 5.51. The average Bonchev–Trinajstić information content (AvgIpc) is 3.15. The molecule has 0 saturated heterocycles. The van der Waals surface area contributed by atoms with Crippen LogP contribution in [-0.2, 0) is 0 Å². The molecule has 0 unspecified atom stereocenters. The number of imidazole rings is 1. The molecule has 4 rings (SSSR count). The van der Waals surface area contributed by atoms with E-state index in [0.717, 1.165) is 32.5 Å². The average molecular weight is 442 g/mol. The van der Waals surface area contributed by atoms with Gasteiger partial charge < -0.3 is 14.5 Å². The minimum Gasteiger partial charge on any atom is -0.493 e. The van der Waals surface area contributed by atoms with Crippen molar-refractivity contribution in [3.8, 4) is 33.9 Å². The van der Waals surface area contributed by atoms with Crippen molar-refractivity contribution >= 4 is 33.8 Å². The van der Waals surface area contributed by atoms with Crippen LogP contribution in [0.2, 0.25) is 0 Å². The maximum Gasteiger partial charge on any atom is 0.205 e. The molecule has 0 spiro atoms.